The first-order chi connectivity index (χ1) is 9.19. The summed E-state index contributed by atoms with van der Waals surface area (Å²) in [6.45, 7) is 4.18. The zero-order chi connectivity index (χ0) is 13.4. The topological polar surface area (TPSA) is 51.8 Å². The molecule has 3 aromatic rings. The number of fused-ring (bicyclic) bond motifs is 1. The highest BCUT2D eigenvalue weighted by atomic mass is 32.1. The number of nitrogens with zero attached hydrogens (tertiary/aromatic N) is 2. The molecule has 0 fully saturated rings. The molecule has 19 heavy (non-hydrogen) atoms. The summed E-state index contributed by atoms with van der Waals surface area (Å²) in [5.41, 5.74) is 8.11. The second-order valence-corrected chi connectivity index (χ2v) is 5.69. The second-order valence-electron chi connectivity index (χ2n) is 4.52. The Balaban J connectivity index is 2.21. The Morgan fingerprint density at radius 1 is 1.16 bits per heavy atom. The summed E-state index contributed by atoms with van der Waals surface area (Å²) in [5.74, 6) is 1.28. The van der Waals surface area contributed by atoms with E-state index in [4.69, 9.17) is 5.73 Å². The fourth-order valence-electron chi connectivity index (χ4n) is 2.19. The molecule has 0 aliphatic rings. The van der Waals surface area contributed by atoms with Gasteiger partial charge in [-0.1, -0.05) is 19.1 Å². The van der Waals surface area contributed by atoms with E-state index < -0.39 is 0 Å². The van der Waals surface area contributed by atoms with E-state index in [2.05, 4.69) is 29.0 Å². The Kier molecular flexibility index (Phi) is 2.95. The molecule has 0 aliphatic heterocycles. The molecule has 0 saturated carbocycles. The predicted octanol–water partition coefficient (Wildman–Crippen LogP) is 3.81. The van der Waals surface area contributed by atoms with Gasteiger partial charge in [-0.05, 0) is 37.1 Å². The molecule has 1 aromatic carbocycles. The van der Waals surface area contributed by atoms with Crippen LogP contribution in [0.2, 0.25) is 0 Å². The number of hydrogen-bond donors (Lipinski definition) is 1. The Hall–Kier alpha value is -1.94. The molecular weight excluding hydrogens is 254 g/mol. The van der Waals surface area contributed by atoms with Crippen molar-refractivity contribution < 1.29 is 0 Å². The normalized spacial score (nSPS) is 11.1. The molecule has 0 spiro atoms. The first-order valence-electron chi connectivity index (χ1n) is 6.31. The monoisotopic (exact) mass is 269 g/mol. The van der Waals surface area contributed by atoms with Gasteiger partial charge in [-0.3, -0.25) is 0 Å². The van der Waals surface area contributed by atoms with Crippen molar-refractivity contribution in [3.63, 3.8) is 0 Å². The maximum absolute atomic E-state index is 6.09. The molecule has 2 aromatic heterocycles. The van der Waals surface area contributed by atoms with Crippen molar-refractivity contribution in [2.24, 2.45) is 0 Å². The quantitative estimate of drug-likeness (QED) is 0.769. The fraction of sp³-hybridized carbons (Fsp3) is 0.200. The highest BCUT2D eigenvalue weighted by molar-refractivity contribution is 7.15. The molecule has 3 nitrogen and oxygen atoms in total. The number of hydrogen-bond acceptors (Lipinski definition) is 4. The van der Waals surface area contributed by atoms with Crippen molar-refractivity contribution in [1.82, 2.24) is 9.97 Å². The van der Waals surface area contributed by atoms with Crippen molar-refractivity contribution >= 4 is 28.1 Å². The van der Waals surface area contributed by atoms with Crippen LogP contribution in [-0.4, -0.2) is 9.97 Å². The molecule has 0 radical (unpaired) electrons. The highest BCUT2D eigenvalue weighted by Gasteiger charge is 2.10. The highest BCUT2D eigenvalue weighted by Crippen LogP contribution is 2.29. The van der Waals surface area contributed by atoms with Crippen molar-refractivity contribution in [3.05, 3.63) is 40.8 Å². The van der Waals surface area contributed by atoms with Crippen LogP contribution < -0.4 is 5.73 Å². The third-order valence-electron chi connectivity index (χ3n) is 3.19. The van der Waals surface area contributed by atoms with Gasteiger partial charge in [-0.25, -0.2) is 9.97 Å². The van der Waals surface area contributed by atoms with Crippen LogP contribution in [0.15, 0.2) is 30.3 Å². The van der Waals surface area contributed by atoms with Crippen LogP contribution in [0.1, 0.15) is 17.4 Å². The van der Waals surface area contributed by atoms with Gasteiger partial charge in [0.15, 0.2) is 5.82 Å². The summed E-state index contributed by atoms with van der Waals surface area (Å²) in [6.07, 6.45) is 1.03. The van der Waals surface area contributed by atoms with Crippen LogP contribution in [0, 0.1) is 6.92 Å². The average Bonchev–Trinajstić information content (AvgIpc) is 2.87. The molecule has 0 aliphatic carbocycles. The minimum Gasteiger partial charge on any atom is -0.383 e. The van der Waals surface area contributed by atoms with Crippen LogP contribution in [0.4, 0.5) is 5.82 Å². The van der Waals surface area contributed by atoms with Gasteiger partial charge in [0.05, 0.1) is 10.4 Å². The molecule has 2 heterocycles. The van der Waals surface area contributed by atoms with E-state index in [1.165, 1.54) is 4.88 Å². The van der Waals surface area contributed by atoms with E-state index in [1.54, 1.807) is 11.3 Å². The molecule has 0 unspecified atom stereocenters. The van der Waals surface area contributed by atoms with Gasteiger partial charge in [-0.2, -0.15) is 0 Å². The fourth-order valence-corrected chi connectivity index (χ4v) is 3.07. The number of thiophene rings is 1. The Labute approximate surface area is 116 Å². The molecule has 2 N–H and O–H groups in total. The lowest BCUT2D eigenvalue weighted by atomic mass is 10.1. The zero-order valence-corrected chi connectivity index (χ0v) is 11.8. The zero-order valence-electron chi connectivity index (χ0n) is 11.0. The summed E-state index contributed by atoms with van der Waals surface area (Å²) >= 11 is 1.73. The molecule has 0 amide bonds. The minimum atomic E-state index is 0.560. The molecule has 3 rings (SSSR count). The smallest absolute Gasteiger partial charge is 0.172 e. The number of nitrogens with two attached hydrogens (primary N) is 1. The largest absolute Gasteiger partial charge is 0.383 e. The van der Waals surface area contributed by atoms with Crippen LogP contribution in [0.3, 0.4) is 0 Å². The van der Waals surface area contributed by atoms with E-state index in [9.17, 15) is 0 Å². The first kappa shape index (κ1) is 12.1. The lowest BCUT2D eigenvalue weighted by molar-refractivity contribution is 1.19. The Morgan fingerprint density at radius 3 is 2.74 bits per heavy atom. The third-order valence-corrected chi connectivity index (χ3v) is 4.42. The Bertz CT molecular complexity index is 746. The van der Waals surface area contributed by atoms with E-state index in [-0.39, 0.29) is 0 Å². The number of aromatic nitrogens is 2. The lowest BCUT2D eigenvalue weighted by Crippen LogP contribution is -1.98. The molecule has 0 bridgehead atoms. The summed E-state index contributed by atoms with van der Waals surface area (Å²) in [5, 5.41) is 0.957. The summed E-state index contributed by atoms with van der Waals surface area (Å²) in [6, 6.07) is 10.2. The van der Waals surface area contributed by atoms with Crippen molar-refractivity contribution in [2.45, 2.75) is 20.3 Å². The van der Waals surface area contributed by atoms with Gasteiger partial charge >= 0.3 is 0 Å². The maximum atomic E-state index is 6.09. The third kappa shape index (κ3) is 2.08. The van der Waals surface area contributed by atoms with Crippen molar-refractivity contribution in [1.29, 1.82) is 0 Å². The minimum absolute atomic E-state index is 0.560. The number of nitrogen functional groups attached to an aromatic ring is 1. The maximum Gasteiger partial charge on any atom is 0.172 e. The van der Waals surface area contributed by atoms with E-state index >= 15 is 0 Å². The van der Waals surface area contributed by atoms with E-state index in [0.29, 0.717) is 5.82 Å². The van der Waals surface area contributed by atoms with Gasteiger partial charge in [0, 0.05) is 10.3 Å². The van der Waals surface area contributed by atoms with E-state index in [1.807, 2.05) is 25.1 Å². The van der Waals surface area contributed by atoms with Gasteiger partial charge < -0.3 is 5.73 Å². The number of aryl methyl sites for hydroxylation is 2. The van der Waals surface area contributed by atoms with Crippen molar-refractivity contribution in [3.8, 4) is 10.7 Å². The average molecular weight is 269 g/mol. The molecule has 4 heteroatoms. The van der Waals surface area contributed by atoms with E-state index in [0.717, 1.165) is 33.6 Å². The standard InChI is InChI=1S/C15H15N3S/c1-3-10-7-8-12(19-10)15-17-11-6-4-5-9(2)13(11)14(16)18-15/h4-8H,3H2,1-2H3,(H2,16,17,18). The lowest BCUT2D eigenvalue weighted by Gasteiger charge is -2.06. The predicted molar refractivity (Wildman–Crippen MR) is 81.4 cm³/mol. The first-order valence-corrected chi connectivity index (χ1v) is 7.12. The summed E-state index contributed by atoms with van der Waals surface area (Å²) < 4.78 is 0. The molecular formula is C15H15N3S. The van der Waals surface area contributed by atoms with Crippen LogP contribution >= 0.6 is 11.3 Å². The number of rotatable bonds is 2. The van der Waals surface area contributed by atoms with Gasteiger partial charge in [0.25, 0.3) is 0 Å². The number of benzene rings is 1. The molecule has 96 valence electrons. The summed E-state index contributed by atoms with van der Waals surface area (Å²) in [7, 11) is 0. The number of anilines is 1. The van der Waals surface area contributed by atoms with Crippen LogP contribution in [-0.2, 0) is 6.42 Å². The van der Waals surface area contributed by atoms with Gasteiger partial charge in [0.2, 0.25) is 0 Å². The molecule has 0 saturated heterocycles. The Morgan fingerprint density at radius 2 is 2.00 bits per heavy atom. The van der Waals surface area contributed by atoms with Gasteiger partial charge in [-0.15, -0.1) is 11.3 Å². The second kappa shape index (κ2) is 4.63. The molecule has 0 atom stereocenters. The van der Waals surface area contributed by atoms with Crippen molar-refractivity contribution in [2.75, 3.05) is 5.73 Å². The summed E-state index contributed by atoms with van der Waals surface area (Å²) in [4.78, 5) is 11.5. The van der Waals surface area contributed by atoms with Crippen LogP contribution in [0.25, 0.3) is 21.6 Å². The van der Waals surface area contributed by atoms with Crippen LogP contribution in [0.5, 0.6) is 0 Å². The van der Waals surface area contributed by atoms with Gasteiger partial charge in [0.1, 0.15) is 5.82 Å². The SMILES string of the molecule is CCc1ccc(-c2nc(N)c3c(C)cccc3n2)s1.